The van der Waals surface area contributed by atoms with Crippen LogP contribution in [0.15, 0.2) is 24.3 Å². The van der Waals surface area contributed by atoms with Crippen molar-refractivity contribution < 1.29 is 13.9 Å². The van der Waals surface area contributed by atoms with Gasteiger partial charge in [-0.1, -0.05) is 12.1 Å². The molecule has 0 bridgehead atoms. The number of nitrogens with zero attached hydrogens (tertiary/aromatic N) is 2. The number of halogens is 1. The van der Waals surface area contributed by atoms with Crippen LogP contribution in [0.1, 0.15) is 36.0 Å². The molecule has 3 fully saturated rings. The zero-order chi connectivity index (χ0) is 16.5. The van der Waals surface area contributed by atoms with Crippen molar-refractivity contribution in [3.8, 4) is 0 Å². The molecule has 1 aliphatic carbocycles. The third-order valence-electron chi connectivity index (χ3n) is 5.55. The van der Waals surface area contributed by atoms with Crippen LogP contribution in [0.3, 0.4) is 0 Å². The first-order valence-corrected chi connectivity index (χ1v) is 9.09. The molecule has 0 unspecified atom stereocenters. The van der Waals surface area contributed by atoms with Gasteiger partial charge in [-0.25, -0.2) is 4.39 Å². The Kier molecular flexibility index (Phi) is 4.55. The highest BCUT2D eigenvalue weighted by Crippen LogP contribution is 2.34. The fourth-order valence-corrected chi connectivity index (χ4v) is 3.85. The van der Waals surface area contributed by atoms with Gasteiger partial charge in [-0.15, -0.1) is 0 Å². The number of carbonyl (C=O) groups is 1. The number of likely N-dealkylation sites (tertiary alicyclic amines) is 1. The Balaban J connectivity index is 1.38. The zero-order valence-corrected chi connectivity index (χ0v) is 14.0. The van der Waals surface area contributed by atoms with E-state index in [1.165, 1.54) is 18.9 Å². The largest absolute Gasteiger partial charge is 0.381 e. The fourth-order valence-electron chi connectivity index (χ4n) is 3.85. The third kappa shape index (κ3) is 3.33. The van der Waals surface area contributed by atoms with Crippen molar-refractivity contribution >= 4 is 5.91 Å². The number of hydrogen-bond acceptors (Lipinski definition) is 3. The van der Waals surface area contributed by atoms with E-state index in [0.717, 1.165) is 51.6 Å². The van der Waals surface area contributed by atoms with E-state index in [1.807, 2.05) is 0 Å². The Morgan fingerprint density at radius 3 is 2.50 bits per heavy atom. The van der Waals surface area contributed by atoms with Crippen LogP contribution in [0.5, 0.6) is 0 Å². The van der Waals surface area contributed by atoms with Gasteiger partial charge >= 0.3 is 0 Å². The predicted octanol–water partition coefficient (Wildman–Crippen LogP) is 2.54. The first kappa shape index (κ1) is 16.0. The van der Waals surface area contributed by atoms with Gasteiger partial charge in [0.1, 0.15) is 5.82 Å². The molecule has 1 amide bonds. The molecule has 24 heavy (non-hydrogen) atoms. The number of hydrogen-bond donors (Lipinski definition) is 0. The van der Waals surface area contributed by atoms with Gasteiger partial charge in [0.15, 0.2) is 0 Å². The number of carbonyl (C=O) groups excluding carboxylic acids is 1. The van der Waals surface area contributed by atoms with Crippen LogP contribution in [0.25, 0.3) is 0 Å². The molecule has 0 N–H and O–H groups in total. The first-order chi connectivity index (χ1) is 11.7. The predicted molar refractivity (Wildman–Crippen MR) is 89.4 cm³/mol. The minimum atomic E-state index is -0.426. The quantitative estimate of drug-likeness (QED) is 0.831. The van der Waals surface area contributed by atoms with Gasteiger partial charge in [-0.05, 0) is 43.7 Å². The van der Waals surface area contributed by atoms with Gasteiger partial charge in [0, 0.05) is 44.9 Å². The third-order valence-corrected chi connectivity index (χ3v) is 5.55. The molecule has 0 radical (unpaired) electrons. The Labute approximate surface area is 142 Å². The van der Waals surface area contributed by atoms with Crippen molar-refractivity contribution in [3.05, 3.63) is 35.6 Å². The topological polar surface area (TPSA) is 32.8 Å². The van der Waals surface area contributed by atoms with E-state index < -0.39 is 5.82 Å². The second kappa shape index (κ2) is 6.81. The summed E-state index contributed by atoms with van der Waals surface area (Å²) in [5.41, 5.74) is 0.191. The van der Waals surface area contributed by atoms with E-state index in [2.05, 4.69) is 4.90 Å². The van der Waals surface area contributed by atoms with Crippen molar-refractivity contribution in [1.82, 2.24) is 9.80 Å². The van der Waals surface area contributed by atoms with E-state index in [1.54, 1.807) is 23.1 Å². The maximum Gasteiger partial charge on any atom is 0.256 e. The van der Waals surface area contributed by atoms with E-state index in [-0.39, 0.29) is 11.5 Å². The second-order valence-corrected chi connectivity index (χ2v) is 7.33. The van der Waals surface area contributed by atoms with E-state index in [4.69, 9.17) is 4.74 Å². The highest BCUT2D eigenvalue weighted by Gasteiger charge is 2.40. The highest BCUT2D eigenvalue weighted by molar-refractivity contribution is 5.95. The first-order valence-electron chi connectivity index (χ1n) is 9.09. The lowest BCUT2D eigenvalue weighted by Crippen LogP contribution is -2.64. The molecule has 0 aromatic heterocycles. The van der Waals surface area contributed by atoms with Crippen LogP contribution in [0.2, 0.25) is 0 Å². The Morgan fingerprint density at radius 1 is 1.12 bits per heavy atom. The number of rotatable bonds is 5. The summed E-state index contributed by atoms with van der Waals surface area (Å²) in [6.07, 6.45) is 4.85. The van der Waals surface area contributed by atoms with Crippen LogP contribution < -0.4 is 0 Å². The molecule has 130 valence electrons. The zero-order valence-electron chi connectivity index (χ0n) is 14.0. The van der Waals surface area contributed by atoms with E-state index >= 15 is 0 Å². The van der Waals surface area contributed by atoms with Crippen molar-refractivity contribution in [3.63, 3.8) is 0 Å². The van der Waals surface area contributed by atoms with Crippen LogP contribution in [0, 0.1) is 11.7 Å². The molecular formula is C19H25FN2O2. The monoisotopic (exact) mass is 332 g/mol. The van der Waals surface area contributed by atoms with Gasteiger partial charge in [-0.2, -0.15) is 0 Å². The lowest BCUT2D eigenvalue weighted by Gasteiger charge is -2.49. The number of ether oxygens (including phenoxy) is 1. The molecule has 0 spiro atoms. The average molecular weight is 332 g/mol. The summed E-state index contributed by atoms with van der Waals surface area (Å²) in [6.45, 7) is 4.28. The normalized spacial score (nSPS) is 22.7. The maximum absolute atomic E-state index is 13.8. The van der Waals surface area contributed by atoms with Gasteiger partial charge in [0.25, 0.3) is 5.91 Å². The molecule has 1 saturated carbocycles. The van der Waals surface area contributed by atoms with E-state index in [9.17, 15) is 9.18 Å². The molecule has 2 aliphatic heterocycles. The van der Waals surface area contributed by atoms with Crippen molar-refractivity contribution in [2.24, 2.45) is 5.92 Å². The second-order valence-electron chi connectivity index (χ2n) is 7.33. The van der Waals surface area contributed by atoms with Crippen LogP contribution in [-0.2, 0) is 4.74 Å². The van der Waals surface area contributed by atoms with Crippen molar-refractivity contribution in [2.45, 2.75) is 37.8 Å². The van der Waals surface area contributed by atoms with Crippen LogP contribution >= 0.6 is 0 Å². The highest BCUT2D eigenvalue weighted by atomic mass is 19.1. The summed E-state index contributed by atoms with van der Waals surface area (Å²) in [4.78, 5) is 16.9. The van der Waals surface area contributed by atoms with Gasteiger partial charge < -0.3 is 9.64 Å². The summed E-state index contributed by atoms with van der Waals surface area (Å²) < 4.78 is 19.3. The van der Waals surface area contributed by atoms with Gasteiger partial charge in [0.05, 0.1) is 5.56 Å². The molecule has 2 heterocycles. The lowest BCUT2D eigenvalue weighted by atomic mass is 9.98. The Morgan fingerprint density at radius 2 is 1.83 bits per heavy atom. The molecule has 0 atom stereocenters. The molecule has 5 heteroatoms. The fraction of sp³-hybridized carbons (Fsp3) is 0.632. The molecule has 4 nitrogen and oxygen atoms in total. The molecule has 1 aromatic carbocycles. The van der Waals surface area contributed by atoms with Crippen LogP contribution in [0.4, 0.5) is 4.39 Å². The van der Waals surface area contributed by atoms with Crippen LogP contribution in [-0.4, -0.2) is 60.6 Å². The molecular weight excluding hydrogens is 307 g/mol. The molecule has 2 saturated heterocycles. The number of benzene rings is 1. The molecule has 4 rings (SSSR count). The maximum atomic E-state index is 13.8. The smallest absolute Gasteiger partial charge is 0.256 e. The number of amides is 1. The molecule has 3 aliphatic rings. The summed E-state index contributed by atoms with van der Waals surface area (Å²) in [7, 11) is 0. The average Bonchev–Trinajstić information content (AvgIpc) is 3.38. The van der Waals surface area contributed by atoms with Crippen molar-refractivity contribution in [2.75, 3.05) is 32.8 Å². The van der Waals surface area contributed by atoms with Gasteiger partial charge in [0.2, 0.25) is 0 Å². The standard InChI is InChI=1S/C19H25FN2O2/c20-18-4-2-1-3-17(18)19(23)21-12-16(13-21)22(11-14-5-6-14)15-7-9-24-10-8-15/h1-4,14-16H,5-13H2. The molecule has 1 aromatic rings. The Hall–Kier alpha value is -1.46. The lowest BCUT2D eigenvalue weighted by molar-refractivity contribution is -0.0268. The summed E-state index contributed by atoms with van der Waals surface area (Å²) in [5.74, 6) is 0.233. The van der Waals surface area contributed by atoms with Crippen molar-refractivity contribution in [1.29, 1.82) is 0 Å². The minimum absolute atomic E-state index is 0.178. The van der Waals surface area contributed by atoms with Gasteiger partial charge in [-0.3, -0.25) is 9.69 Å². The Bertz CT molecular complexity index is 593. The summed E-state index contributed by atoms with van der Waals surface area (Å²) >= 11 is 0. The SMILES string of the molecule is O=C(c1ccccc1F)N1CC(N(CC2CC2)C2CCOCC2)C1. The summed E-state index contributed by atoms with van der Waals surface area (Å²) in [6, 6.07) is 7.26. The minimum Gasteiger partial charge on any atom is -0.381 e. The van der Waals surface area contributed by atoms with E-state index in [0.29, 0.717) is 12.1 Å². The summed E-state index contributed by atoms with van der Waals surface area (Å²) in [5, 5.41) is 0.